The van der Waals surface area contributed by atoms with Gasteiger partial charge < -0.3 is 5.11 Å². The third-order valence-electron chi connectivity index (χ3n) is 3.00. The number of nitrogen functional groups attached to an aromatic ring is 1. The van der Waals surface area contributed by atoms with Gasteiger partial charge in [-0.05, 0) is 30.2 Å². The Morgan fingerprint density at radius 3 is 2.40 bits per heavy atom. The number of carbonyl (C=O) groups excluding carboxylic acids is 1. The van der Waals surface area contributed by atoms with Gasteiger partial charge in [0.2, 0.25) is 0 Å². The van der Waals surface area contributed by atoms with E-state index in [4.69, 9.17) is 5.84 Å². The minimum absolute atomic E-state index is 0.146. The second kappa shape index (κ2) is 5.54. The zero-order chi connectivity index (χ0) is 14.7. The maximum absolute atomic E-state index is 11.8. The lowest BCUT2D eigenvalue weighted by molar-refractivity contribution is 0.0697. The van der Waals surface area contributed by atoms with Gasteiger partial charge in [0.05, 0.1) is 5.56 Å². The summed E-state index contributed by atoms with van der Waals surface area (Å²) in [6.45, 7) is 1.86. The van der Waals surface area contributed by atoms with Gasteiger partial charge in [-0.25, -0.2) is 10.6 Å². The molecule has 0 heterocycles. The first-order valence-electron chi connectivity index (χ1n) is 5.99. The van der Waals surface area contributed by atoms with Crippen molar-refractivity contribution in [2.75, 3.05) is 0 Å². The molecular weight excluding hydrogens is 256 g/mol. The molecule has 1 amide bonds. The Balaban J connectivity index is 2.71. The number of hydrogen-bond acceptors (Lipinski definition) is 3. The van der Waals surface area contributed by atoms with Crippen molar-refractivity contribution in [1.82, 2.24) is 5.43 Å². The number of hydrazine groups is 1. The second-order valence-electron chi connectivity index (χ2n) is 4.37. The van der Waals surface area contributed by atoms with Crippen LogP contribution in [0.1, 0.15) is 26.3 Å². The van der Waals surface area contributed by atoms with E-state index in [2.05, 4.69) is 5.43 Å². The predicted molar refractivity (Wildman–Crippen MR) is 75.2 cm³/mol. The predicted octanol–water partition coefficient (Wildman–Crippen LogP) is 1.96. The van der Waals surface area contributed by atoms with Crippen LogP contribution < -0.4 is 11.3 Å². The molecule has 0 bridgehead atoms. The zero-order valence-electron chi connectivity index (χ0n) is 10.9. The lowest BCUT2D eigenvalue weighted by Crippen LogP contribution is -2.30. The van der Waals surface area contributed by atoms with Crippen molar-refractivity contribution in [3.05, 3.63) is 59.2 Å². The minimum atomic E-state index is -1.04. The highest BCUT2D eigenvalue weighted by Gasteiger charge is 2.17. The van der Waals surface area contributed by atoms with Crippen LogP contribution in [0.3, 0.4) is 0 Å². The molecule has 0 spiro atoms. The van der Waals surface area contributed by atoms with Crippen LogP contribution >= 0.6 is 0 Å². The fraction of sp³-hybridized carbons (Fsp3) is 0.0667. The van der Waals surface area contributed by atoms with Gasteiger partial charge in [-0.1, -0.05) is 35.9 Å². The number of aryl methyl sites for hydroxylation is 1. The summed E-state index contributed by atoms with van der Waals surface area (Å²) in [6, 6.07) is 11.7. The molecule has 0 atom stereocenters. The maximum Gasteiger partial charge on any atom is 0.336 e. The van der Waals surface area contributed by atoms with E-state index in [-0.39, 0.29) is 5.56 Å². The summed E-state index contributed by atoms with van der Waals surface area (Å²) in [5.74, 6) is 3.66. The topological polar surface area (TPSA) is 92.4 Å². The van der Waals surface area contributed by atoms with E-state index in [0.29, 0.717) is 16.7 Å². The molecule has 0 saturated heterocycles. The van der Waals surface area contributed by atoms with Crippen LogP contribution in [0.4, 0.5) is 0 Å². The van der Waals surface area contributed by atoms with Crippen LogP contribution in [0.15, 0.2) is 42.5 Å². The van der Waals surface area contributed by atoms with Crippen molar-refractivity contribution in [3.8, 4) is 11.1 Å². The minimum Gasteiger partial charge on any atom is -0.478 e. The number of amides is 1. The maximum atomic E-state index is 11.8. The number of benzene rings is 2. The fourth-order valence-electron chi connectivity index (χ4n) is 2.06. The molecule has 0 aliphatic rings. The lowest BCUT2D eigenvalue weighted by atomic mass is 9.93. The van der Waals surface area contributed by atoms with Crippen molar-refractivity contribution < 1.29 is 14.7 Å². The van der Waals surface area contributed by atoms with E-state index in [1.807, 2.05) is 6.92 Å². The largest absolute Gasteiger partial charge is 0.478 e. The molecular formula is C15H14N2O3. The highest BCUT2D eigenvalue weighted by molar-refractivity contribution is 6.04. The first kappa shape index (κ1) is 13.8. The van der Waals surface area contributed by atoms with Gasteiger partial charge in [-0.3, -0.25) is 10.2 Å². The van der Waals surface area contributed by atoms with Gasteiger partial charge in [0.25, 0.3) is 5.91 Å². The average Bonchev–Trinajstić information content (AvgIpc) is 2.46. The van der Waals surface area contributed by atoms with Crippen molar-refractivity contribution >= 4 is 11.9 Å². The monoisotopic (exact) mass is 270 g/mol. The van der Waals surface area contributed by atoms with Crippen LogP contribution in [-0.2, 0) is 0 Å². The van der Waals surface area contributed by atoms with E-state index in [1.165, 1.54) is 6.07 Å². The van der Waals surface area contributed by atoms with Gasteiger partial charge in [-0.2, -0.15) is 0 Å². The molecule has 0 aliphatic carbocycles. The van der Waals surface area contributed by atoms with E-state index >= 15 is 0 Å². The number of carbonyl (C=O) groups is 2. The Labute approximate surface area is 116 Å². The summed E-state index contributed by atoms with van der Waals surface area (Å²) in [7, 11) is 0. The molecule has 0 saturated carbocycles. The molecule has 102 valence electrons. The summed E-state index contributed by atoms with van der Waals surface area (Å²) in [5, 5.41) is 9.28. The third kappa shape index (κ3) is 2.53. The molecule has 0 aliphatic heterocycles. The molecule has 2 rings (SSSR count). The molecule has 2 aromatic rings. The second-order valence-corrected chi connectivity index (χ2v) is 4.37. The molecule has 0 fully saturated rings. The van der Waals surface area contributed by atoms with Crippen LogP contribution in [0.5, 0.6) is 0 Å². The van der Waals surface area contributed by atoms with Gasteiger partial charge in [0.1, 0.15) is 0 Å². The van der Waals surface area contributed by atoms with Crippen molar-refractivity contribution in [2.24, 2.45) is 5.84 Å². The number of aromatic carboxylic acids is 1. The molecule has 0 radical (unpaired) electrons. The molecule has 2 aromatic carbocycles. The van der Waals surface area contributed by atoms with Crippen LogP contribution in [0, 0.1) is 6.92 Å². The van der Waals surface area contributed by atoms with Crippen molar-refractivity contribution in [3.63, 3.8) is 0 Å². The molecule has 5 heteroatoms. The highest BCUT2D eigenvalue weighted by atomic mass is 16.4. The van der Waals surface area contributed by atoms with Crippen molar-refractivity contribution in [2.45, 2.75) is 6.92 Å². The Hall–Kier alpha value is -2.66. The summed E-state index contributed by atoms with van der Waals surface area (Å²) in [5.41, 5.74) is 4.50. The Bertz CT molecular complexity index is 681. The number of nitrogens with two attached hydrogens (primary N) is 1. The Kier molecular flexibility index (Phi) is 3.81. The first-order chi connectivity index (χ1) is 9.54. The normalized spacial score (nSPS) is 10.1. The van der Waals surface area contributed by atoms with E-state index in [0.717, 1.165) is 5.56 Å². The summed E-state index contributed by atoms with van der Waals surface area (Å²) < 4.78 is 0. The lowest BCUT2D eigenvalue weighted by Gasteiger charge is -2.11. The molecule has 5 nitrogen and oxygen atoms in total. The van der Waals surface area contributed by atoms with E-state index in [9.17, 15) is 14.7 Å². The number of carboxylic acid groups (broad SMARTS) is 1. The van der Waals surface area contributed by atoms with E-state index in [1.54, 1.807) is 36.4 Å². The third-order valence-corrected chi connectivity index (χ3v) is 3.00. The van der Waals surface area contributed by atoms with Crippen LogP contribution in [-0.4, -0.2) is 17.0 Å². The van der Waals surface area contributed by atoms with Gasteiger partial charge in [0.15, 0.2) is 0 Å². The average molecular weight is 270 g/mol. The summed E-state index contributed by atoms with van der Waals surface area (Å²) in [6.07, 6.45) is 0. The molecule has 4 N–H and O–H groups in total. The zero-order valence-corrected chi connectivity index (χ0v) is 10.9. The number of carboxylic acids is 1. The standard InChI is InChI=1S/C15H14N2O3/c1-9-6-7-12(15(19)20)13(8-9)10-4-2-3-5-11(10)14(18)17-16/h2-8H,16H2,1H3,(H,17,18)(H,19,20). The molecule has 20 heavy (non-hydrogen) atoms. The molecule has 0 aromatic heterocycles. The van der Waals surface area contributed by atoms with Gasteiger partial charge in [-0.15, -0.1) is 0 Å². The summed E-state index contributed by atoms with van der Waals surface area (Å²) >= 11 is 0. The Morgan fingerprint density at radius 2 is 1.75 bits per heavy atom. The number of rotatable bonds is 3. The SMILES string of the molecule is Cc1ccc(C(=O)O)c(-c2ccccc2C(=O)NN)c1. The number of hydrogen-bond donors (Lipinski definition) is 3. The van der Waals surface area contributed by atoms with Gasteiger partial charge in [0, 0.05) is 5.56 Å². The highest BCUT2D eigenvalue weighted by Crippen LogP contribution is 2.28. The van der Waals surface area contributed by atoms with Crippen LogP contribution in [0.25, 0.3) is 11.1 Å². The quantitative estimate of drug-likeness (QED) is 0.451. The van der Waals surface area contributed by atoms with Crippen LogP contribution in [0.2, 0.25) is 0 Å². The number of nitrogens with one attached hydrogen (secondary N) is 1. The van der Waals surface area contributed by atoms with E-state index < -0.39 is 11.9 Å². The fourth-order valence-corrected chi connectivity index (χ4v) is 2.06. The molecule has 0 unspecified atom stereocenters. The first-order valence-corrected chi connectivity index (χ1v) is 5.99. The summed E-state index contributed by atoms with van der Waals surface area (Å²) in [4.78, 5) is 23.1. The smallest absolute Gasteiger partial charge is 0.336 e. The Morgan fingerprint density at radius 1 is 1.05 bits per heavy atom. The van der Waals surface area contributed by atoms with Gasteiger partial charge >= 0.3 is 5.97 Å². The van der Waals surface area contributed by atoms with Crippen molar-refractivity contribution in [1.29, 1.82) is 0 Å².